The summed E-state index contributed by atoms with van der Waals surface area (Å²) < 4.78 is 26.3. The molecule has 1 saturated carbocycles. The molecule has 0 aromatic heterocycles. The number of carboxylic acids is 1. The highest BCUT2D eigenvalue weighted by Crippen LogP contribution is 2.40. The molecule has 0 amide bonds. The quantitative estimate of drug-likeness (QED) is 0.779. The number of hydrogen-bond donors (Lipinski definition) is 2. The molecule has 0 heterocycles. The zero-order valence-corrected chi connectivity index (χ0v) is 10.6. The van der Waals surface area contributed by atoms with Gasteiger partial charge in [-0.1, -0.05) is 6.42 Å². The number of halogens is 2. The average Bonchev–Trinajstić information content (AvgIpc) is 2.30. The van der Waals surface area contributed by atoms with E-state index in [1.165, 1.54) is 6.07 Å². The third kappa shape index (κ3) is 3.10. The Morgan fingerprint density at radius 1 is 1.37 bits per heavy atom. The number of carboxylic acid groups (broad SMARTS) is 1. The molecule has 3 nitrogen and oxygen atoms in total. The SMILES string of the molecule is O=C(O)C1(CNCCc2cc(F)ccc2F)CCC1. The molecular weight excluding hydrogens is 252 g/mol. The highest BCUT2D eigenvalue weighted by Gasteiger charge is 2.43. The van der Waals surface area contributed by atoms with Crippen LogP contribution < -0.4 is 5.32 Å². The maximum absolute atomic E-state index is 13.3. The second-order valence-electron chi connectivity index (χ2n) is 5.10. The molecule has 1 aromatic rings. The normalized spacial score (nSPS) is 16.9. The van der Waals surface area contributed by atoms with Gasteiger partial charge in [-0.05, 0) is 49.6 Å². The van der Waals surface area contributed by atoms with Crippen LogP contribution in [-0.4, -0.2) is 24.2 Å². The lowest BCUT2D eigenvalue weighted by Gasteiger charge is -2.37. The predicted octanol–water partition coefficient (Wildman–Crippen LogP) is 2.35. The zero-order valence-electron chi connectivity index (χ0n) is 10.6. The molecular formula is C14H17F2NO2. The van der Waals surface area contributed by atoms with Gasteiger partial charge in [0.1, 0.15) is 11.6 Å². The predicted molar refractivity (Wildman–Crippen MR) is 66.9 cm³/mol. The Kier molecular flexibility index (Phi) is 4.14. The average molecular weight is 269 g/mol. The number of rotatable bonds is 6. The second-order valence-corrected chi connectivity index (χ2v) is 5.10. The molecule has 1 aliphatic carbocycles. The van der Waals surface area contributed by atoms with Crippen molar-refractivity contribution in [2.45, 2.75) is 25.7 Å². The van der Waals surface area contributed by atoms with E-state index in [1.54, 1.807) is 0 Å². The monoisotopic (exact) mass is 269 g/mol. The smallest absolute Gasteiger partial charge is 0.310 e. The maximum atomic E-state index is 13.3. The summed E-state index contributed by atoms with van der Waals surface area (Å²) >= 11 is 0. The van der Waals surface area contributed by atoms with E-state index in [1.807, 2.05) is 0 Å². The van der Waals surface area contributed by atoms with E-state index >= 15 is 0 Å². The van der Waals surface area contributed by atoms with Gasteiger partial charge < -0.3 is 10.4 Å². The fourth-order valence-electron chi connectivity index (χ4n) is 2.36. The topological polar surface area (TPSA) is 49.3 Å². The van der Waals surface area contributed by atoms with Gasteiger partial charge in [0.15, 0.2) is 0 Å². The number of aliphatic carboxylic acids is 1. The van der Waals surface area contributed by atoms with Crippen LogP contribution in [0.15, 0.2) is 18.2 Å². The molecule has 0 bridgehead atoms. The number of nitrogens with one attached hydrogen (secondary N) is 1. The Hall–Kier alpha value is -1.49. The fraction of sp³-hybridized carbons (Fsp3) is 0.500. The van der Waals surface area contributed by atoms with Crippen LogP contribution in [0.3, 0.4) is 0 Å². The van der Waals surface area contributed by atoms with Gasteiger partial charge in [-0.25, -0.2) is 8.78 Å². The third-order valence-corrected chi connectivity index (χ3v) is 3.81. The minimum atomic E-state index is -0.775. The minimum absolute atomic E-state index is 0.311. The highest BCUT2D eigenvalue weighted by atomic mass is 19.1. The van der Waals surface area contributed by atoms with Gasteiger partial charge in [0, 0.05) is 6.54 Å². The van der Waals surface area contributed by atoms with Crippen molar-refractivity contribution in [3.8, 4) is 0 Å². The summed E-state index contributed by atoms with van der Waals surface area (Å²) in [6.07, 6.45) is 2.65. The lowest BCUT2D eigenvalue weighted by molar-refractivity contribution is -0.154. The van der Waals surface area contributed by atoms with Crippen LogP contribution in [0.4, 0.5) is 8.78 Å². The first-order valence-electron chi connectivity index (χ1n) is 6.42. The largest absolute Gasteiger partial charge is 0.481 e. The molecule has 5 heteroatoms. The molecule has 0 unspecified atom stereocenters. The molecule has 0 atom stereocenters. The van der Waals surface area contributed by atoms with Crippen LogP contribution in [0, 0.1) is 17.0 Å². The van der Waals surface area contributed by atoms with Crippen molar-refractivity contribution in [3.05, 3.63) is 35.4 Å². The molecule has 0 spiro atoms. The molecule has 19 heavy (non-hydrogen) atoms. The van der Waals surface area contributed by atoms with Crippen LogP contribution >= 0.6 is 0 Å². The highest BCUT2D eigenvalue weighted by molar-refractivity contribution is 5.76. The summed E-state index contributed by atoms with van der Waals surface area (Å²) in [6.45, 7) is 0.828. The molecule has 2 rings (SSSR count). The lowest BCUT2D eigenvalue weighted by atomic mass is 9.69. The Morgan fingerprint density at radius 3 is 2.68 bits per heavy atom. The fourth-order valence-corrected chi connectivity index (χ4v) is 2.36. The molecule has 1 aromatic carbocycles. The summed E-state index contributed by atoms with van der Waals surface area (Å²) in [5.41, 5.74) is -0.342. The van der Waals surface area contributed by atoms with Crippen LogP contribution in [0.2, 0.25) is 0 Å². The summed E-state index contributed by atoms with van der Waals surface area (Å²) in [7, 11) is 0. The van der Waals surface area contributed by atoms with Gasteiger partial charge in [-0.3, -0.25) is 4.79 Å². The maximum Gasteiger partial charge on any atom is 0.310 e. The standard InChI is InChI=1S/C14H17F2NO2/c15-11-2-3-12(16)10(8-11)4-7-17-9-14(13(18)19)5-1-6-14/h2-3,8,17H,1,4-7,9H2,(H,18,19). The van der Waals surface area contributed by atoms with E-state index in [2.05, 4.69) is 5.32 Å². The van der Waals surface area contributed by atoms with Crippen molar-refractivity contribution in [2.75, 3.05) is 13.1 Å². The van der Waals surface area contributed by atoms with Crippen molar-refractivity contribution < 1.29 is 18.7 Å². The molecule has 0 radical (unpaired) electrons. The summed E-state index contributed by atoms with van der Waals surface area (Å²) in [5.74, 6) is -1.67. The van der Waals surface area contributed by atoms with Crippen molar-refractivity contribution in [1.82, 2.24) is 5.32 Å². The molecule has 0 saturated heterocycles. The molecule has 1 fully saturated rings. The van der Waals surface area contributed by atoms with Crippen molar-refractivity contribution in [2.24, 2.45) is 5.41 Å². The molecule has 0 aliphatic heterocycles. The Morgan fingerprint density at radius 2 is 2.11 bits per heavy atom. The molecule has 104 valence electrons. The van der Waals surface area contributed by atoms with Crippen LogP contribution in [-0.2, 0) is 11.2 Å². The van der Waals surface area contributed by atoms with E-state index in [0.29, 0.717) is 37.9 Å². The molecule has 1 aliphatic rings. The van der Waals surface area contributed by atoms with E-state index in [0.717, 1.165) is 18.6 Å². The number of carbonyl (C=O) groups is 1. The van der Waals surface area contributed by atoms with E-state index in [4.69, 9.17) is 5.11 Å². The van der Waals surface area contributed by atoms with Gasteiger partial charge in [-0.2, -0.15) is 0 Å². The summed E-state index contributed by atoms with van der Waals surface area (Å²) in [5, 5.41) is 12.2. The first kappa shape index (κ1) is 13.9. The first-order chi connectivity index (χ1) is 9.03. The van der Waals surface area contributed by atoms with Crippen molar-refractivity contribution in [1.29, 1.82) is 0 Å². The summed E-state index contributed by atoms with van der Waals surface area (Å²) in [4.78, 5) is 11.1. The van der Waals surface area contributed by atoms with Crippen molar-refractivity contribution in [3.63, 3.8) is 0 Å². The second kappa shape index (κ2) is 5.65. The first-order valence-corrected chi connectivity index (χ1v) is 6.42. The van der Waals surface area contributed by atoms with Gasteiger partial charge >= 0.3 is 5.97 Å². The third-order valence-electron chi connectivity index (χ3n) is 3.81. The number of benzene rings is 1. The van der Waals surface area contributed by atoms with E-state index in [-0.39, 0.29) is 0 Å². The van der Waals surface area contributed by atoms with E-state index in [9.17, 15) is 13.6 Å². The Bertz CT molecular complexity index is 473. The Labute approximate surface area is 110 Å². The summed E-state index contributed by atoms with van der Waals surface area (Å²) in [6, 6.07) is 3.36. The van der Waals surface area contributed by atoms with Gasteiger partial charge in [0.25, 0.3) is 0 Å². The zero-order chi connectivity index (χ0) is 13.9. The lowest BCUT2D eigenvalue weighted by Crippen LogP contribution is -2.46. The van der Waals surface area contributed by atoms with Crippen molar-refractivity contribution >= 4 is 5.97 Å². The van der Waals surface area contributed by atoms with Gasteiger partial charge in [-0.15, -0.1) is 0 Å². The van der Waals surface area contributed by atoms with E-state index < -0.39 is 23.0 Å². The van der Waals surface area contributed by atoms with Crippen LogP contribution in [0.5, 0.6) is 0 Å². The Balaban J connectivity index is 1.81. The van der Waals surface area contributed by atoms with Gasteiger partial charge in [0.05, 0.1) is 5.41 Å². The number of hydrogen-bond acceptors (Lipinski definition) is 2. The van der Waals surface area contributed by atoms with Crippen LogP contribution in [0.1, 0.15) is 24.8 Å². The minimum Gasteiger partial charge on any atom is -0.481 e. The van der Waals surface area contributed by atoms with Crippen LogP contribution in [0.25, 0.3) is 0 Å². The van der Waals surface area contributed by atoms with Gasteiger partial charge in [0.2, 0.25) is 0 Å². The molecule has 2 N–H and O–H groups in total.